The summed E-state index contributed by atoms with van der Waals surface area (Å²) in [5.74, 6) is -0.603. The smallest absolute Gasteiger partial charge is 0.259 e. The van der Waals surface area contributed by atoms with Gasteiger partial charge in [0.2, 0.25) is 0 Å². The average molecular weight is 273 g/mol. The third-order valence-corrected chi connectivity index (χ3v) is 2.82. The van der Waals surface area contributed by atoms with Crippen LogP contribution in [-0.2, 0) is 0 Å². The van der Waals surface area contributed by atoms with Gasteiger partial charge in [-0.1, -0.05) is 6.07 Å². The lowest BCUT2D eigenvalue weighted by atomic mass is 10.1. The minimum absolute atomic E-state index is 0.173. The number of aryl methyl sites for hydroxylation is 2. The van der Waals surface area contributed by atoms with Crippen LogP contribution in [0.1, 0.15) is 21.5 Å². The second-order valence-electron chi connectivity index (χ2n) is 4.63. The molecule has 0 saturated carbocycles. The van der Waals surface area contributed by atoms with Crippen molar-refractivity contribution in [1.82, 2.24) is 4.98 Å². The van der Waals surface area contributed by atoms with Crippen LogP contribution in [0.25, 0.3) is 0 Å². The minimum Gasteiger partial charge on any atom is -0.372 e. The average Bonchev–Trinajstić information content (AvgIpc) is 2.37. The van der Waals surface area contributed by atoms with Crippen molar-refractivity contribution >= 4 is 17.4 Å². The van der Waals surface area contributed by atoms with Gasteiger partial charge in [0.25, 0.3) is 5.91 Å². The normalized spacial score (nSPS) is 10.2. The van der Waals surface area contributed by atoms with Gasteiger partial charge in [-0.05, 0) is 43.2 Å². The zero-order valence-corrected chi connectivity index (χ0v) is 11.6. The highest BCUT2D eigenvalue weighted by molar-refractivity contribution is 6.07. The number of nitrogens with zero attached hydrogens (tertiary/aromatic N) is 1. The van der Waals surface area contributed by atoms with Gasteiger partial charge in [0, 0.05) is 12.7 Å². The van der Waals surface area contributed by atoms with Crippen LogP contribution in [0.15, 0.2) is 30.5 Å². The van der Waals surface area contributed by atoms with Gasteiger partial charge in [0.1, 0.15) is 11.6 Å². The Morgan fingerprint density at radius 1 is 1.15 bits per heavy atom. The molecule has 0 aliphatic carbocycles. The van der Waals surface area contributed by atoms with Crippen LogP contribution in [0.4, 0.5) is 15.9 Å². The first-order valence-corrected chi connectivity index (χ1v) is 6.22. The summed E-state index contributed by atoms with van der Waals surface area (Å²) in [6.45, 7) is 3.90. The number of carbonyl (C=O) groups is 1. The highest BCUT2D eigenvalue weighted by atomic mass is 19.1. The van der Waals surface area contributed by atoms with Gasteiger partial charge in [-0.25, -0.2) is 9.37 Å². The summed E-state index contributed by atoms with van der Waals surface area (Å²) >= 11 is 0. The van der Waals surface area contributed by atoms with Crippen LogP contribution < -0.4 is 10.6 Å². The molecular formula is C15H16FN3O. The van der Waals surface area contributed by atoms with Crippen molar-refractivity contribution in [1.29, 1.82) is 0 Å². The molecule has 0 radical (unpaired) electrons. The highest BCUT2D eigenvalue weighted by Gasteiger charge is 2.13. The summed E-state index contributed by atoms with van der Waals surface area (Å²) in [6, 6.07) is 6.89. The third-order valence-electron chi connectivity index (χ3n) is 2.82. The lowest BCUT2D eigenvalue weighted by Crippen LogP contribution is -2.15. The lowest BCUT2D eigenvalue weighted by molar-refractivity contribution is 0.102. The molecule has 2 rings (SSSR count). The summed E-state index contributed by atoms with van der Waals surface area (Å²) in [6.07, 6.45) is 1.07. The largest absolute Gasteiger partial charge is 0.372 e. The molecule has 0 fully saturated rings. The van der Waals surface area contributed by atoms with Crippen molar-refractivity contribution in [2.45, 2.75) is 13.8 Å². The van der Waals surface area contributed by atoms with E-state index in [-0.39, 0.29) is 5.56 Å². The first-order chi connectivity index (χ1) is 9.49. The van der Waals surface area contributed by atoms with Gasteiger partial charge < -0.3 is 10.6 Å². The van der Waals surface area contributed by atoms with E-state index in [1.807, 2.05) is 32.0 Å². The van der Waals surface area contributed by atoms with Gasteiger partial charge >= 0.3 is 0 Å². The summed E-state index contributed by atoms with van der Waals surface area (Å²) < 4.78 is 13.2. The van der Waals surface area contributed by atoms with Crippen molar-refractivity contribution < 1.29 is 9.18 Å². The Labute approximate surface area is 117 Å². The molecule has 0 aliphatic rings. The van der Waals surface area contributed by atoms with E-state index in [9.17, 15) is 9.18 Å². The van der Waals surface area contributed by atoms with E-state index in [1.165, 1.54) is 0 Å². The minimum atomic E-state index is -0.547. The number of aromatic nitrogens is 1. The molecule has 0 saturated heterocycles. The molecule has 0 aliphatic heterocycles. The molecule has 2 aromatic rings. The first-order valence-electron chi connectivity index (χ1n) is 6.22. The number of nitrogens with one attached hydrogen (secondary N) is 2. The molecule has 0 atom stereocenters. The van der Waals surface area contributed by atoms with Crippen LogP contribution in [-0.4, -0.2) is 17.9 Å². The maximum atomic E-state index is 13.2. The predicted octanol–water partition coefficient (Wildman–Crippen LogP) is 3.13. The van der Waals surface area contributed by atoms with E-state index < -0.39 is 11.7 Å². The molecule has 0 spiro atoms. The molecule has 5 heteroatoms. The molecule has 1 heterocycles. The molecule has 0 unspecified atom stereocenters. The number of benzene rings is 1. The van der Waals surface area contributed by atoms with Crippen LogP contribution in [0.5, 0.6) is 0 Å². The predicted molar refractivity (Wildman–Crippen MR) is 77.6 cm³/mol. The first kappa shape index (κ1) is 14.0. The number of halogens is 1. The molecule has 20 heavy (non-hydrogen) atoms. The topological polar surface area (TPSA) is 54.0 Å². The summed E-state index contributed by atoms with van der Waals surface area (Å²) in [4.78, 5) is 16.1. The molecule has 1 amide bonds. The SMILES string of the molecule is CNc1ncc(F)cc1C(=O)Nc1cc(C)cc(C)c1. The van der Waals surface area contributed by atoms with Crippen LogP contribution in [0.2, 0.25) is 0 Å². The quantitative estimate of drug-likeness (QED) is 0.903. The molecular weight excluding hydrogens is 257 g/mol. The Kier molecular flexibility index (Phi) is 3.98. The van der Waals surface area contributed by atoms with Crippen molar-refractivity contribution in [3.05, 3.63) is 53.0 Å². The standard InChI is InChI=1S/C15H16FN3O/c1-9-4-10(2)6-12(5-9)19-15(20)13-7-11(16)8-18-14(13)17-3/h4-8H,1-3H3,(H,17,18)(H,19,20). The van der Waals surface area contributed by atoms with E-state index in [0.717, 1.165) is 23.4 Å². The summed E-state index contributed by atoms with van der Waals surface area (Å²) in [7, 11) is 1.63. The van der Waals surface area contributed by atoms with Crippen molar-refractivity contribution in [2.24, 2.45) is 0 Å². The van der Waals surface area contributed by atoms with E-state index >= 15 is 0 Å². The lowest BCUT2D eigenvalue weighted by Gasteiger charge is -2.10. The Morgan fingerprint density at radius 2 is 1.80 bits per heavy atom. The van der Waals surface area contributed by atoms with Crippen LogP contribution >= 0.6 is 0 Å². The zero-order chi connectivity index (χ0) is 14.7. The Morgan fingerprint density at radius 3 is 2.40 bits per heavy atom. The zero-order valence-electron chi connectivity index (χ0n) is 11.6. The number of anilines is 2. The van der Waals surface area contributed by atoms with Gasteiger partial charge in [-0.15, -0.1) is 0 Å². The van der Waals surface area contributed by atoms with Crippen LogP contribution in [0.3, 0.4) is 0 Å². The van der Waals surface area contributed by atoms with E-state index in [2.05, 4.69) is 15.6 Å². The number of hydrogen-bond donors (Lipinski definition) is 2. The highest BCUT2D eigenvalue weighted by Crippen LogP contribution is 2.18. The third kappa shape index (κ3) is 3.12. The second-order valence-corrected chi connectivity index (χ2v) is 4.63. The van der Waals surface area contributed by atoms with Crippen molar-refractivity contribution in [2.75, 3.05) is 17.7 Å². The Balaban J connectivity index is 2.30. The Hall–Kier alpha value is -2.43. The number of amides is 1. The molecule has 2 N–H and O–H groups in total. The van der Waals surface area contributed by atoms with E-state index in [4.69, 9.17) is 0 Å². The fraction of sp³-hybridized carbons (Fsp3) is 0.200. The summed E-state index contributed by atoms with van der Waals surface area (Å²) in [5.41, 5.74) is 2.95. The fourth-order valence-corrected chi connectivity index (χ4v) is 2.06. The fourth-order valence-electron chi connectivity index (χ4n) is 2.06. The number of pyridine rings is 1. The van der Waals surface area contributed by atoms with Gasteiger partial charge in [-0.3, -0.25) is 4.79 Å². The maximum Gasteiger partial charge on any atom is 0.259 e. The van der Waals surface area contributed by atoms with Crippen LogP contribution in [0, 0.1) is 19.7 Å². The van der Waals surface area contributed by atoms with Crippen molar-refractivity contribution in [3.63, 3.8) is 0 Å². The van der Waals surface area contributed by atoms with Gasteiger partial charge in [-0.2, -0.15) is 0 Å². The molecule has 1 aromatic heterocycles. The molecule has 0 bridgehead atoms. The van der Waals surface area contributed by atoms with E-state index in [1.54, 1.807) is 7.05 Å². The molecule has 4 nitrogen and oxygen atoms in total. The van der Waals surface area contributed by atoms with E-state index in [0.29, 0.717) is 11.5 Å². The number of carbonyl (C=O) groups excluding carboxylic acids is 1. The maximum absolute atomic E-state index is 13.2. The number of hydrogen-bond acceptors (Lipinski definition) is 3. The van der Waals surface area contributed by atoms with Crippen molar-refractivity contribution in [3.8, 4) is 0 Å². The molecule has 104 valence electrons. The Bertz CT molecular complexity index is 635. The van der Waals surface area contributed by atoms with Gasteiger partial charge in [0.15, 0.2) is 0 Å². The summed E-state index contributed by atoms with van der Waals surface area (Å²) in [5, 5.41) is 5.53. The molecule has 1 aromatic carbocycles. The monoisotopic (exact) mass is 273 g/mol. The van der Waals surface area contributed by atoms with Gasteiger partial charge in [0.05, 0.1) is 11.8 Å². The number of rotatable bonds is 3. The second kappa shape index (κ2) is 5.69.